The molecule has 14 heavy (non-hydrogen) atoms. The minimum Gasteiger partial charge on any atom is -0.319 e. The van der Waals surface area contributed by atoms with Gasteiger partial charge in [-0.25, -0.2) is 0 Å². The van der Waals surface area contributed by atoms with E-state index in [1.807, 2.05) is 7.05 Å². The van der Waals surface area contributed by atoms with E-state index in [0.717, 1.165) is 19.4 Å². The van der Waals surface area contributed by atoms with E-state index >= 15 is 0 Å². The van der Waals surface area contributed by atoms with Crippen LogP contribution in [0.1, 0.15) is 24.5 Å². The van der Waals surface area contributed by atoms with E-state index in [1.165, 1.54) is 22.0 Å². The molecule has 2 heteroatoms. The van der Waals surface area contributed by atoms with E-state index in [2.05, 4.69) is 46.4 Å². The van der Waals surface area contributed by atoms with Crippen LogP contribution in [0.2, 0.25) is 0 Å². The first-order valence-electron chi connectivity index (χ1n) is 5.19. The summed E-state index contributed by atoms with van der Waals surface area (Å²) >= 11 is 3.62. The first-order valence-corrected chi connectivity index (χ1v) is 5.99. The van der Waals surface area contributed by atoms with Crippen molar-refractivity contribution in [1.82, 2.24) is 5.32 Å². The summed E-state index contributed by atoms with van der Waals surface area (Å²) < 4.78 is 1.26. The molecule has 1 aromatic rings. The molecule has 0 fully saturated rings. The Morgan fingerprint density at radius 3 is 2.64 bits per heavy atom. The summed E-state index contributed by atoms with van der Waals surface area (Å²) in [4.78, 5) is 0. The fraction of sp³-hybridized carbons (Fsp3) is 0.500. The van der Waals surface area contributed by atoms with Crippen LogP contribution in [0, 0.1) is 0 Å². The first kappa shape index (κ1) is 11.7. The summed E-state index contributed by atoms with van der Waals surface area (Å²) in [6.45, 7) is 3.25. The quantitative estimate of drug-likeness (QED) is 0.853. The second kappa shape index (κ2) is 6.20. The lowest BCUT2D eigenvalue weighted by molar-refractivity contribution is 0.790. The van der Waals surface area contributed by atoms with Gasteiger partial charge in [-0.2, -0.15) is 0 Å². The second-order valence-corrected chi connectivity index (χ2v) is 4.38. The zero-order chi connectivity index (χ0) is 10.4. The van der Waals surface area contributed by atoms with Crippen molar-refractivity contribution < 1.29 is 0 Å². The molecular weight excluding hydrogens is 238 g/mol. The smallest absolute Gasteiger partial charge is 0.0210 e. The molecule has 0 aliphatic carbocycles. The fourth-order valence-electron chi connectivity index (χ4n) is 1.49. The Balaban J connectivity index is 2.68. The van der Waals surface area contributed by atoms with E-state index in [1.54, 1.807) is 0 Å². The van der Waals surface area contributed by atoms with Gasteiger partial charge in [-0.1, -0.05) is 41.4 Å². The summed E-state index contributed by atoms with van der Waals surface area (Å²) in [5, 5.41) is 3.16. The van der Waals surface area contributed by atoms with Crippen molar-refractivity contribution in [3.05, 3.63) is 33.8 Å². The molecule has 0 aromatic heterocycles. The first-order chi connectivity index (χ1) is 6.77. The predicted octanol–water partition coefficient (Wildman–Crippen LogP) is 3.16. The number of likely N-dealkylation sites (N-methyl/N-ethyl adjacent to an activating group) is 1. The molecule has 0 bridgehead atoms. The topological polar surface area (TPSA) is 12.0 Å². The normalized spacial score (nSPS) is 10.5. The number of rotatable bonds is 5. The van der Waals surface area contributed by atoms with Gasteiger partial charge in [0.25, 0.3) is 0 Å². The molecule has 0 amide bonds. The van der Waals surface area contributed by atoms with E-state index < -0.39 is 0 Å². The highest BCUT2D eigenvalue weighted by Crippen LogP contribution is 2.20. The van der Waals surface area contributed by atoms with Gasteiger partial charge in [0.2, 0.25) is 0 Å². The lowest BCUT2D eigenvalue weighted by Gasteiger charge is -2.06. The molecule has 0 spiro atoms. The Hall–Kier alpha value is -0.340. The van der Waals surface area contributed by atoms with Crippen LogP contribution in [-0.2, 0) is 12.8 Å². The number of nitrogens with one attached hydrogen (secondary N) is 1. The molecule has 1 nitrogen and oxygen atoms in total. The minimum absolute atomic E-state index is 1.04. The Bertz CT molecular complexity index is 284. The summed E-state index contributed by atoms with van der Waals surface area (Å²) in [7, 11) is 1.99. The number of hydrogen-bond acceptors (Lipinski definition) is 1. The molecule has 0 atom stereocenters. The van der Waals surface area contributed by atoms with Crippen LogP contribution in [0.15, 0.2) is 22.7 Å². The van der Waals surface area contributed by atoms with Gasteiger partial charge in [0.05, 0.1) is 0 Å². The average Bonchev–Trinajstić information content (AvgIpc) is 2.19. The van der Waals surface area contributed by atoms with Crippen molar-refractivity contribution in [3.8, 4) is 0 Å². The molecule has 0 saturated heterocycles. The van der Waals surface area contributed by atoms with Crippen LogP contribution in [0.5, 0.6) is 0 Å². The van der Waals surface area contributed by atoms with Crippen LogP contribution >= 0.6 is 15.9 Å². The van der Waals surface area contributed by atoms with Crippen molar-refractivity contribution >= 4 is 15.9 Å². The molecule has 0 aliphatic rings. The molecule has 1 N–H and O–H groups in total. The molecule has 1 aromatic carbocycles. The van der Waals surface area contributed by atoms with Crippen molar-refractivity contribution in [3.63, 3.8) is 0 Å². The average molecular weight is 256 g/mol. The molecule has 0 heterocycles. The van der Waals surface area contributed by atoms with E-state index in [9.17, 15) is 0 Å². The highest BCUT2D eigenvalue weighted by Gasteiger charge is 2.00. The largest absolute Gasteiger partial charge is 0.319 e. The van der Waals surface area contributed by atoms with Gasteiger partial charge < -0.3 is 5.32 Å². The van der Waals surface area contributed by atoms with Crippen LogP contribution < -0.4 is 5.32 Å². The summed E-state index contributed by atoms with van der Waals surface area (Å²) in [6, 6.07) is 6.70. The highest BCUT2D eigenvalue weighted by molar-refractivity contribution is 9.10. The van der Waals surface area contributed by atoms with Crippen LogP contribution in [0.4, 0.5) is 0 Å². The van der Waals surface area contributed by atoms with Gasteiger partial charge in [0.1, 0.15) is 0 Å². The molecule has 0 aliphatic heterocycles. The monoisotopic (exact) mass is 255 g/mol. The van der Waals surface area contributed by atoms with Crippen LogP contribution in [0.25, 0.3) is 0 Å². The number of benzene rings is 1. The lowest BCUT2D eigenvalue weighted by Crippen LogP contribution is -2.10. The zero-order valence-electron chi connectivity index (χ0n) is 8.94. The van der Waals surface area contributed by atoms with Crippen molar-refractivity contribution in [1.29, 1.82) is 0 Å². The zero-order valence-corrected chi connectivity index (χ0v) is 10.5. The molecule has 78 valence electrons. The molecule has 1 rings (SSSR count). The van der Waals surface area contributed by atoms with Gasteiger partial charge in [0.15, 0.2) is 0 Å². The molecule has 0 saturated carbocycles. The van der Waals surface area contributed by atoms with Gasteiger partial charge >= 0.3 is 0 Å². The Morgan fingerprint density at radius 2 is 2.07 bits per heavy atom. The third kappa shape index (κ3) is 3.43. The summed E-state index contributed by atoms with van der Waals surface area (Å²) in [5.74, 6) is 0. The third-order valence-electron chi connectivity index (χ3n) is 2.30. The lowest BCUT2D eigenvalue weighted by atomic mass is 10.1. The van der Waals surface area contributed by atoms with Gasteiger partial charge in [-0.3, -0.25) is 0 Å². The number of hydrogen-bond donors (Lipinski definition) is 1. The predicted molar refractivity (Wildman–Crippen MR) is 65.8 cm³/mol. The Morgan fingerprint density at radius 1 is 1.29 bits per heavy atom. The maximum atomic E-state index is 3.62. The minimum atomic E-state index is 1.04. The van der Waals surface area contributed by atoms with E-state index in [4.69, 9.17) is 0 Å². The van der Waals surface area contributed by atoms with Crippen LogP contribution in [0.3, 0.4) is 0 Å². The van der Waals surface area contributed by atoms with Gasteiger partial charge in [0, 0.05) is 4.47 Å². The second-order valence-electron chi connectivity index (χ2n) is 3.53. The van der Waals surface area contributed by atoms with Crippen molar-refractivity contribution in [2.24, 2.45) is 0 Å². The Kier molecular flexibility index (Phi) is 5.20. The summed E-state index contributed by atoms with van der Waals surface area (Å²) in [5.41, 5.74) is 2.81. The van der Waals surface area contributed by atoms with Gasteiger partial charge in [-0.15, -0.1) is 0 Å². The van der Waals surface area contributed by atoms with E-state index in [0.29, 0.717) is 0 Å². The van der Waals surface area contributed by atoms with Crippen molar-refractivity contribution in [2.75, 3.05) is 13.6 Å². The maximum Gasteiger partial charge on any atom is 0.0210 e. The number of halogens is 1. The van der Waals surface area contributed by atoms with Crippen molar-refractivity contribution in [2.45, 2.75) is 26.2 Å². The standard InChI is InChI=1S/C12H18BrN/c1-3-4-11-6-5-10(7-8-14-2)9-12(11)13/h5-6,9,14H,3-4,7-8H2,1-2H3. The fourth-order valence-corrected chi connectivity index (χ4v) is 2.11. The SMILES string of the molecule is CCCc1ccc(CCNC)cc1Br. The number of aryl methyl sites for hydroxylation is 1. The van der Waals surface area contributed by atoms with Gasteiger partial charge in [-0.05, 0) is 43.6 Å². The van der Waals surface area contributed by atoms with Crippen LogP contribution in [-0.4, -0.2) is 13.6 Å². The maximum absolute atomic E-state index is 3.62. The molecular formula is C12H18BrN. The highest BCUT2D eigenvalue weighted by atomic mass is 79.9. The van der Waals surface area contributed by atoms with E-state index in [-0.39, 0.29) is 0 Å². The molecule has 0 unspecified atom stereocenters. The molecule has 0 radical (unpaired) electrons. The summed E-state index contributed by atoms with van der Waals surface area (Å²) in [6.07, 6.45) is 3.46. The Labute approximate surface area is 95.0 Å². The third-order valence-corrected chi connectivity index (χ3v) is 3.04.